The molecule has 0 saturated heterocycles. The van der Waals surface area contributed by atoms with Gasteiger partial charge < -0.3 is 10.8 Å². The monoisotopic (exact) mass is 445 g/mol. The lowest BCUT2D eigenvalue weighted by molar-refractivity contribution is -0.140. The van der Waals surface area contributed by atoms with E-state index < -0.39 is 28.0 Å². The standard InChI is InChI=1S/C19H19N5O4S2/c1-10(2)18(19(25)26)22-30(27,28)12-4-6-14-13-5-3-11(24-9-17(20)21-23-24)7-15(13)29-16(14)8-12/h3-10,18,22H,20H2,1-2H3,(H,25,26)/t18-/m0/s1. The van der Waals surface area contributed by atoms with Crippen LogP contribution >= 0.6 is 11.3 Å². The fourth-order valence-electron chi connectivity index (χ4n) is 3.17. The van der Waals surface area contributed by atoms with Gasteiger partial charge in [0.25, 0.3) is 0 Å². The summed E-state index contributed by atoms with van der Waals surface area (Å²) in [6.07, 6.45) is 1.61. The molecule has 0 radical (unpaired) electrons. The van der Waals surface area contributed by atoms with Crippen LogP contribution in [0.25, 0.3) is 25.9 Å². The van der Waals surface area contributed by atoms with E-state index in [0.29, 0.717) is 5.82 Å². The highest BCUT2D eigenvalue weighted by Crippen LogP contribution is 2.36. The molecule has 9 nitrogen and oxygen atoms in total. The number of aromatic nitrogens is 3. The van der Waals surface area contributed by atoms with E-state index in [-0.39, 0.29) is 4.90 Å². The van der Waals surface area contributed by atoms with Gasteiger partial charge in [0.05, 0.1) is 16.8 Å². The third kappa shape index (κ3) is 3.62. The molecule has 156 valence electrons. The molecule has 1 atom stereocenters. The first-order valence-electron chi connectivity index (χ1n) is 9.05. The summed E-state index contributed by atoms with van der Waals surface area (Å²) in [5.74, 6) is -1.29. The maximum Gasteiger partial charge on any atom is 0.322 e. The number of fused-ring (bicyclic) bond motifs is 3. The number of anilines is 1. The van der Waals surface area contributed by atoms with Gasteiger partial charge in [-0.05, 0) is 30.2 Å². The number of sulfonamides is 1. The van der Waals surface area contributed by atoms with Crippen LogP contribution in [0.15, 0.2) is 47.5 Å². The number of carbonyl (C=O) groups is 1. The molecule has 4 aromatic rings. The van der Waals surface area contributed by atoms with Crippen molar-refractivity contribution < 1.29 is 18.3 Å². The Morgan fingerprint density at radius 3 is 2.43 bits per heavy atom. The van der Waals surface area contributed by atoms with E-state index in [1.54, 1.807) is 36.9 Å². The minimum Gasteiger partial charge on any atom is -0.480 e. The molecule has 30 heavy (non-hydrogen) atoms. The summed E-state index contributed by atoms with van der Waals surface area (Å²) < 4.78 is 31.1. The van der Waals surface area contributed by atoms with Crippen LogP contribution in [-0.4, -0.2) is 40.5 Å². The summed E-state index contributed by atoms with van der Waals surface area (Å²) in [4.78, 5) is 11.4. The average molecular weight is 446 g/mol. The quantitative estimate of drug-likeness (QED) is 0.414. The highest BCUT2D eigenvalue weighted by atomic mass is 32.2. The smallest absolute Gasteiger partial charge is 0.322 e. The van der Waals surface area contributed by atoms with Crippen LogP contribution in [0.2, 0.25) is 0 Å². The number of hydrogen-bond donors (Lipinski definition) is 3. The van der Waals surface area contributed by atoms with Crippen LogP contribution in [0.1, 0.15) is 13.8 Å². The fourth-order valence-corrected chi connectivity index (χ4v) is 5.78. The molecule has 4 N–H and O–H groups in total. The summed E-state index contributed by atoms with van der Waals surface area (Å²) in [7, 11) is -3.99. The first-order chi connectivity index (χ1) is 14.2. The summed E-state index contributed by atoms with van der Waals surface area (Å²) in [6, 6.07) is 9.34. The maximum absolute atomic E-state index is 12.8. The number of nitrogens with two attached hydrogens (primary N) is 1. The Kier molecular flexibility index (Phi) is 4.96. The van der Waals surface area contributed by atoms with Gasteiger partial charge in [-0.25, -0.2) is 13.1 Å². The predicted molar refractivity (Wildman–Crippen MR) is 115 cm³/mol. The number of nitrogens with zero attached hydrogens (tertiary/aromatic N) is 3. The summed E-state index contributed by atoms with van der Waals surface area (Å²) >= 11 is 1.44. The van der Waals surface area contributed by atoms with E-state index in [1.807, 2.05) is 18.2 Å². The molecule has 0 spiro atoms. The highest BCUT2D eigenvalue weighted by Gasteiger charge is 2.28. The van der Waals surface area contributed by atoms with E-state index in [2.05, 4.69) is 15.0 Å². The number of nitrogens with one attached hydrogen (secondary N) is 1. The van der Waals surface area contributed by atoms with Crippen molar-refractivity contribution >= 4 is 53.3 Å². The van der Waals surface area contributed by atoms with Crippen molar-refractivity contribution in [3.05, 3.63) is 42.6 Å². The van der Waals surface area contributed by atoms with Crippen molar-refractivity contribution in [3.8, 4) is 5.69 Å². The molecule has 0 aliphatic rings. The van der Waals surface area contributed by atoms with Gasteiger partial charge in [0, 0.05) is 20.2 Å². The van der Waals surface area contributed by atoms with Crippen LogP contribution in [0.3, 0.4) is 0 Å². The Bertz CT molecular complexity index is 1370. The van der Waals surface area contributed by atoms with Gasteiger partial charge in [-0.3, -0.25) is 4.79 Å². The lowest BCUT2D eigenvalue weighted by atomic mass is 10.1. The SMILES string of the molecule is CC(C)[C@H](NS(=O)(=O)c1ccc2c(c1)sc1cc(-n3cc(N)nn3)ccc12)C(=O)O. The van der Waals surface area contributed by atoms with Gasteiger partial charge in [-0.2, -0.15) is 4.72 Å². The lowest BCUT2D eigenvalue weighted by Gasteiger charge is -2.18. The Balaban J connectivity index is 1.75. The molecule has 0 aliphatic carbocycles. The number of hydrogen-bond acceptors (Lipinski definition) is 7. The maximum atomic E-state index is 12.8. The first-order valence-corrected chi connectivity index (χ1v) is 11.4. The third-order valence-corrected chi connectivity index (χ3v) is 7.28. The highest BCUT2D eigenvalue weighted by molar-refractivity contribution is 7.89. The van der Waals surface area contributed by atoms with Gasteiger partial charge >= 0.3 is 5.97 Å². The fraction of sp³-hybridized carbons (Fsp3) is 0.211. The molecule has 0 fully saturated rings. The Morgan fingerprint density at radius 2 is 1.83 bits per heavy atom. The zero-order valence-corrected chi connectivity index (χ0v) is 17.7. The molecular formula is C19H19N5O4S2. The zero-order chi connectivity index (χ0) is 21.6. The molecular weight excluding hydrogens is 426 g/mol. The molecule has 0 aliphatic heterocycles. The summed E-state index contributed by atoms with van der Waals surface area (Å²) in [5.41, 5.74) is 6.41. The van der Waals surface area contributed by atoms with Crippen molar-refractivity contribution in [2.75, 3.05) is 5.73 Å². The largest absolute Gasteiger partial charge is 0.480 e. The molecule has 2 heterocycles. The van der Waals surface area contributed by atoms with Gasteiger partial charge in [0.15, 0.2) is 5.82 Å². The molecule has 0 amide bonds. The van der Waals surface area contributed by atoms with Crippen molar-refractivity contribution in [2.45, 2.75) is 24.8 Å². The van der Waals surface area contributed by atoms with Crippen LogP contribution < -0.4 is 10.5 Å². The van der Waals surface area contributed by atoms with E-state index in [0.717, 1.165) is 25.9 Å². The second-order valence-electron chi connectivity index (χ2n) is 7.21. The minimum atomic E-state index is -3.99. The van der Waals surface area contributed by atoms with Crippen LogP contribution in [0.5, 0.6) is 0 Å². The molecule has 0 bridgehead atoms. The first kappa shape index (κ1) is 20.3. The molecule has 0 saturated carbocycles. The predicted octanol–water partition coefficient (Wildman–Crippen LogP) is 2.60. The van der Waals surface area contributed by atoms with Crippen molar-refractivity contribution in [3.63, 3.8) is 0 Å². The van der Waals surface area contributed by atoms with Crippen LogP contribution in [-0.2, 0) is 14.8 Å². The Labute approximate surface area is 176 Å². The molecule has 4 rings (SSSR count). The van der Waals surface area contributed by atoms with Crippen LogP contribution in [0, 0.1) is 5.92 Å². The van der Waals surface area contributed by atoms with Crippen molar-refractivity contribution in [1.82, 2.24) is 19.7 Å². The van der Waals surface area contributed by atoms with E-state index in [9.17, 15) is 18.3 Å². The van der Waals surface area contributed by atoms with E-state index in [1.165, 1.54) is 17.4 Å². The number of aliphatic carboxylic acids is 1. The van der Waals surface area contributed by atoms with Gasteiger partial charge in [-0.1, -0.05) is 31.2 Å². The normalized spacial score (nSPS) is 13.3. The van der Waals surface area contributed by atoms with E-state index in [4.69, 9.17) is 5.73 Å². The second-order valence-corrected chi connectivity index (χ2v) is 10.0. The molecule has 11 heteroatoms. The molecule has 2 aromatic heterocycles. The molecule has 0 unspecified atom stereocenters. The third-order valence-electron chi connectivity index (χ3n) is 4.73. The topological polar surface area (TPSA) is 140 Å². The number of benzene rings is 2. The number of nitrogen functional groups attached to an aromatic ring is 1. The van der Waals surface area contributed by atoms with Gasteiger partial charge in [0.2, 0.25) is 10.0 Å². The Morgan fingerprint density at radius 1 is 1.17 bits per heavy atom. The van der Waals surface area contributed by atoms with Crippen molar-refractivity contribution in [1.29, 1.82) is 0 Å². The number of rotatable bonds is 6. The van der Waals surface area contributed by atoms with Gasteiger partial charge in [0.1, 0.15) is 6.04 Å². The molecule has 2 aromatic carbocycles. The number of carboxylic acids is 1. The minimum absolute atomic E-state index is 0.0257. The van der Waals surface area contributed by atoms with E-state index >= 15 is 0 Å². The Hall–Kier alpha value is -3.02. The lowest BCUT2D eigenvalue weighted by Crippen LogP contribution is -2.44. The number of carboxylic acid groups (broad SMARTS) is 1. The second kappa shape index (κ2) is 7.35. The van der Waals surface area contributed by atoms with Gasteiger partial charge in [-0.15, -0.1) is 16.4 Å². The average Bonchev–Trinajstić information content (AvgIpc) is 3.27. The zero-order valence-electron chi connectivity index (χ0n) is 16.1. The van der Waals surface area contributed by atoms with Crippen LogP contribution in [0.4, 0.5) is 5.82 Å². The van der Waals surface area contributed by atoms with Crippen molar-refractivity contribution in [2.24, 2.45) is 5.92 Å². The number of thiophene rings is 1. The summed E-state index contributed by atoms with van der Waals surface area (Å²) in [6.45, 7) is 3.30. The summed E-state index contributed by atoms with van der Waals surface area (Å²) in [5, 5.41) is 18.9.